The number of benzene rings is 2. The first kappa shape index (κ1) is 24.0. The van der Waals surface area contributed by atoms with E-state index in [-0.39, 0.29) is 10.8 Å². The molecule has 0 spiro atoms. The molecule has 1 aromatic heterocycles. The van der Waals surface area contributed by atoms with Crippen molar-refractivity contribution in [3.63, 3.8) is 0 Å². The molecule has 0 aliphatic carbocycles. The summed E-state index contributed by atoms with van der Waals surface area (Å²) in [6, 6.07) is 13.4. The number of carbonyl (C=O) groups excluding carboxylic acids is 1. The Morgan fingerprint density at radius 3 is 2.50 bits per heavy atom. The maximum absolute atomic E-state index is 13.0. The molecule has 1 N–H and O–H groups in total. The molecule has 0 saturated carbocycles. The van der Waals surface area contributed by atoms with Crippen LogP contribution in [0.4, 0.5) is 24.0 Å². The van der Waals surface area contributed by atoms with Gasteiger partial charge >= 0.3 is 6.18 Å². The van der Waals surface area contributed by atoms with Gasteiger partial charge in [0.25, 0.3) is 0 Å². The number of nitrogens with zero attached hydrogens (tertiary/aromatic N) is 3. The highest BCUT2D eigenvalue weighted by Crippen LogP contribution is 2.32. The minimum Gasteiger partial charge on any atom is -0.299 e. The lowest BCUT2D eigenvalue weighted by atomic mass is 10.2. The first-order chi connectivity index (χ1) is 15.0. The molecule has 13 heteroatoms. The predicted molar refractivity (Wildman–Crippen MR) is 118 cm³/mol. The van der Waals surface area contributed by atoms with Gasteiger partial charge in [-0.3, -0.25) is 14.4 Å². The Kier molecular flexibility index (Phi) is 7.41. The summed E-state index contributed by atoms with van der Waals surface area (Å²) in [6.07, 6.45) is -3.84. The Bertz CT molecular complexity index is 1190. The second kappa shape index (κ2) is 9.88. The van der Waals surface area contributed by atoms with Crippen LogP contribution in [0.5, 0.6) is 0 Å². The molecule has 2 aromatic carbocycles. The number of carbonyl (C=O) groups is 1. The normalized spacial score (nSPS) is 11.9. The molecular formula is C19H17F3N4O3S3. The van der Waals surface area contributed by atoms with Crippen molar-refractivity contribution < 1.29 is 26.4 Å². The van der Waals surface area contributed by atoms with Gasteiger partial charge in [-0.2, -0.15) is 13.2 Å². The van der Waals surface area contributed by atoms with Crippen molar-refractivity contribution in [3.05, 3.63) is 65.7 Å². The summed E-state index contributed by atoms with van der Waals surface area (Å²) in [5, 5.41) is 10.4. The van der Waals surface area contributed by atoms with Crippen molar-refractivity contribution in [1.82, 2.24) is 10.2 Å². The third-order valence-electron chi connectivity index (χ3n) is 4.01. The number of anilines is 2. The van der Waals surface area contributed by atoms with E-state index in [9.17, 15) is 26.4 Å². The lowest BCUT2D eigenvalue weighted by molar-refractivity contribution is -0.137. The van der Waals surface area contributed by atoms with E-state index in [4.69, 9.17) is 0 Å². The smallest absolute Gasteiger partial charge is 0.299 e. The molecule has 32 heavy (non-hydrogen) atoms. The fourth-order valence-electron chi connectivity index (χ4n) is 2.56. The fourth-order valence-corrected chi connectivity index (χ4v) is 5.14. The predicted octanol–water partition coefficient (Wildman–Crippen LogP) is 4.25. The number of aromatic nitrogens is 2. The molecule has 0 bridgehead atoms. The van der Waals surface area contributed by atoms with E-state index in [0.29, 0.717) is 20.5 Å². The van der Waals surface area contributed by atoms with Gasteiger partial charge in [-0.05, 0) is 23.8 Å². The van der Waals surface area contributed by atoms with Crippen molar-refractivity contribution in [2.24, 2.45) is 0 Å². The molecule has 0 saturated heterocycles. The second-order valence-electron chi connectivity index (χ2n) is 6.51. The summed E-state index contributed by atoms with van der Waals surface area (Å²) in [6.45, 7) is -0.716. The first-order valence-corrected chi connectivity index (χ1v) is 12.6. The molecule has 1 heterocycles. The standard InChI is InChI=1S/C19H17F3N4O3S3/c1-32(28,29)26(15-9-5-8-14(10-15)19(20,21)22)11-16(27)23-17-24-25-18(31-17)30-12-13-6-3-2-4-7-13/h2-10H,11-12H2,1H3,(H,23,24,27). The van der Waals surface area contributed by atoms with Gasteiger partial charge in [-0.15, -0.1) is 10.2 Å². The minimum absolute atomic E-state index is 0.156. The van der Waals surface area contributed by atoms with Crippen molar-refractivity contribution in [3.8, 4) is 0 Å². The number of nitrogens with one attached hydrogen (secondary N) is 1. The van der Waals surface area contributed by atoms with Crippen LogP contribution >= 0.6 is 23.1 Å². The van der Waals surface area contributed by atoms with Gasteiger partial charge in [0.2, 0.25) is 21.1 Å². The SMILES string of the molecule is CS(=O)(=O)N(CC(=O)Nc1nnc(SCc2ccccc2)s1)c1cccc(C(F)(F)F)c1. The van der Waals surface area contributed by atoms with E-state index in [1.165, 1.54) is 17.8 Å². The number of amides is 1. The third-order valence-corrected chi connectivity index (χ3v) is 7.19. The summed E-state index contributed by atoms with van der Waals surface area (Å²) < 4.78 is 64.4. The number of hydrogen-bond acceptors (Lipinski definition) is 7. The molecule has 1 amide bonds. The quantitative estimate of drug-likeness (QED) is 0.366. The van der Waals surface area contributed by atoms with Crippen LogP contribution in [0.1, 0.15) is 11.1 Å². The highest BCUT2D eigenvalue weighted by atomic mass is 32.2. The molecule has 0 unspecified atom stereocenters. The van der Waals surface area contributed by atoms with Crippen molar-refractivity contribution >= 4 is 49.8 Å². The lowest BCUT2D eigenvalue weighted by Gasteiger charge is -2.22. The lowest BCUT2D eigenvalue weighted by Crippen LogP contribution is -2.37. The average molecular weight is 503 g/mol. The molecular weight excluding hydrogens is 485 g/mol. The minimum atomic E-state index is -4.65. The van der Waals surface area contributed by atoms with Gasteiger partial charge in [0.1, 0.15) is 6.54 Å². The molecule has 0 aliphatic heterocycles. The Labute approximate surface area is 190 Å². The Morgan fingerprint density at radius 2 is 1.84 bits per heavy atom. The van der Waals surface area contributed by atoms with Crippen LogP contribution in [0.25, 0.3) is 0 Å². The van der Waals surface area contributed by atoms with Gasteiger partial charge < -0.3 is 0 Å². The summed E-state index contributed by atoms with van der Waals surface area (Å²) in [7, 11) is -4.03. The van der Waals surface area contributed by atoms with Gasteiger partial charge in [0.05, 0.1) is 17.5 Å². The van der Waals surface area contributed by atoms with Gasteiger partial charge in [-0.1, -0.05) is 59.5 Å². The molecule has 0 aliphatic rings. The number of halogens is 3. The van der Waals surface area contributed by atoms with E-state index in [1.807, 2.05) is 30.3 Å². The monoisotopic (exact) mass is 502 g/mol. The maximum atomic E-state index is 13.0. The van der Waals surface area contributed by atoms with Gasteiger partial charge in [0.15, 0.2) is 4.34 Å². The highest BCUT2D eigenvalue weighted by molar-refractivity contribution is 8.00. The van der Waals surface area contributed by atoms with Crippen LogP contribution in [0.15, 0.2) is 58.9 Å². The van der Waals surface area contributed by atoms with Crippen LogP contribution in [0.2, 0.25) is 0 Å². The van der Waals surface area contributed by atoms with Crippen molar-refractivity contribution in [2.75, 3.05) is 22.4 Å². The highest BCUT2D eigenvalue weighted by Gasteiger charge is 2.32. The summed E-state index contributed by atoms with van der Waals surface area (Å²) >= 11 is 2.53. The molecule has 3 rings (SSSR count). The van der Waals surface area contributed by atoms with Gasteiger partial charge in [0, 0.05) is 5.75 Å². The van der Waals surface area contributed by atoms with Crippen molar-refractivity contribution in [1.29, 1.82) is 0 Å². The average Bonchev–Trinajstić information content (AvgIpc) is 3.17. The van der Waals surface area contributed by atoms with Crippen molar-refractivity contribution in [2.45, 2.75) is 16.3 Å². The van der Waals surface area contributed by atoms with Gasteiger partial charge in [-0.25, -0.2) is 8.42 Å². The first-order valence-electron chi connectivity index (χ1n) is 8.97. The molecule has 7 nitrogen and oxygen atoms in total. The Hall–Kier alpha value is -2.64. The molecule has 0 atom stereocenters. The van der Waals surface area contributed by atoms with E-state index >= 15 is 0 Å². The van der Waals surface area contributed by atoms with Crippen LogP contribution in [0.3, 0.4) is 0 Å². The number of rotatable bonds is 8. The zero-order valence-corrected chi connectivity index (χ0v) is 19.0. The zero-order valence-electron chi connectivity index (χ0n) is 16.5. The van der Waals surface area contributed by atoms with Crippen LogP contribution in [0, 0.1) is 0 Å². The summed E-state index contributed by atoms with van der Waals surface area (Å²) in [5.41, 5.74) is -0.203. The van der Waals surface area contributed by atoms with E-state index in [0.717, 1.165) is 35.3 Å². The zero-order chi connectivity index (χ0) is 23.4. The summed E-state index contributed by atoms with van der Waals surface area (Å²) in [4.78, 5) is 12.4. The van der Waals surface area contributed by atoms with Crippen LogP contribution in [-0.2, 0) is 26.7 Å². The van der Waals surface area contributed by atoms with E-state index in [2.05, 4.69) is 15.5 Å². The molecule has 3 aromatic rings. The van der Waals surface area contributed by atoms with E-state index < -0.39 is 34.2 Å². The molecule has 0 fully saturated rings. The molecule has 170 valence electrons. The number of hydrogen-bond donors (Lipinski definition) is 1. The number of sulfonamides is 1. The van der Waals surface area contributed by atoms with Crippen LogP contribution in [-0.4, -0.2) is 37.3 Å². The fraction of sp³-hybridized carbons (Fsp3) is 0.211. The number of thioether (sulfide) groups is 1. The van der Waals surface area contributed by atoms with Crippen LogP contribution < -0.4 is 9.62 Å². The number of alkyl halides is 3. The summed E-state index contributed by atoms with van der Waals surface area (Å²) in [5.74, 6) is -0.107. The topological polar surface area (TPSA) is 92.3 Å². The third kappa shape index (κ3) is 6.68. The Balaban J connectivity index is 1.67. The second-order valence-corrected chi connectivity index (χ2v) is 10.6. The van der Waals surface area contributed by atoms with E-state index in [1.54, 1.807) is 0 Å². The molecule has 0 radical (unpaired) electrons. The largest absolute Gasteiger partial charge is 0.416 e. The Morgan fingerprint density at radius 1 is 1.12 bits per heavy atom. The maximum Gasteiger partial charge on any atom is 0.416 e.